The van der Waals surface area contributed by atoms with Crippen molar-refractivity contribution in [3.8, 4) is 23.3 Å². The van der Waals surface area contributed by atoms with Crippen LogP contribution in [0.3, 0.4) is 0 Å². The van der Waals surface area contributed by atoms with E-state index in [0.717, 1.165) is 12.1 Å². The zero-order valence-corrected chi connectivity index (χ0v) is 15.5. The van der Waals surface area contributed by atoms with Gasteiger partial charge >= 0.3 is 0 Å². The predicted octanol–water partition coefficient (Wildman–Crippen LogP) is 2.56. The third-order valence-corrected chi connectivity index (χ3v) is 4.54. The third kappa shape index (κ3) is 3.10. The van der Waals surface area contributed by atoms with E-state index in [1.54, 1.807) is 24.3 Å². The second-order valence-corrected chi connectivity index (χ2v) is 6.16. The molecular formula is C20H21N3O4. The number of hydrogen-bond donors (Lipinski definition) is 2. The minimum Gasteiger partial charge on any atom is -0.493 e. The molecule has 7 heteroatoms. The highest BCUT2D eigenvalue weighted by Crippen LogP contribution is 2.45. The predicted molar refractivity (Wildman–Crippen MR) is 99.9 cm³/mol. The molecule has 0 saturated heterocycles. The molecule has 0 aliphatic carbocycles. The first kappa shape index (κ1) is 18.4. The van der Waals surface area contributed by atoms with Gasteiger partial charge in [0.25, 0.3) is 5.56 Å². The third-order valence-electron chi connectivity index (χ3n) is 4.54. The zero-order chi connectivity index (χ0) is 19.6. The standard InChI is InChI=1S/C20H21N3O4/c1-4-6-11-9-15-17(20(24)23-11)16(13(10-21)19(22)27-15)12-7-5-8-14(25-2)18(12)26-3/h5,7-9,16H,4,6,22H2,1-3H3,(H,23,24). The number of nitrogens with one attached hydrogen (secondary N) is 1. The van der Waals surface area contributed by atoms with Gasteiger partial charge < -0.3 is 24.9 Å². The smallest absolute Gasteiger partial charge is 0.256 e. The number of methoxy groups -OCH3 is 2. The van der Waals surface area contributed by atoms with E-state index in [1.807, 2.05) is 6.92 Å². The first-order valence-electron chi connectivity index (χ1n) is 8.60. The number of H-pyrrole nitrogens is 1. The summed E-state index contributed by atoms with van der Waals surface area (Å²) in [6.07, 6.45) is 1.57. The highest BCUT2D eigenvalue weighted by molar-refractivity contribution is 5.60. The number of nitrogens with two attached hydrogens (primary N) is 1. The van der Waals surface area contributed by atoms with Gasteiger partial charge in [0.1, 0.15) is 17.4 Å². The molecule has 27 heavy (non-hydrogen) atoms. The van der Waals surface area contributed by atoms with Gasteiger partial charge in [-0.2, -0.15) is 5.26 Å². The van der Waals surface area contributed by atoms with Gasteiger partial charge in [0, 0.05) is 17.3 Å². The summed E-state index contributed by atoms with van der Waals surface area (Å²) >= 11 is 0. The molecule has 2 heterocycles. The molecule has 2 aromatic rings. The molecule has 1 aliphatic rings. The van der Waals surface area contributed by atoms with Crippen LogP contribution in [-0.2, 0) is 6.42 Å². The number of rotatable bonds is 5. The van der Waals surface area contributed by atoms with Gasteiger partial charge in [0.15, 0.2) is 11.5 Å². The van der Waals surface area contributed by atoms with Crippen LogP contribution in [0, 0.1) is 11.3 Å². The van der Waals surface area contributed by atoms with Crippen molar-refractivity contribution in [1.29, 1.82) is 5.26 Å². The molecule has 0 radical (unpaired) electrons. The van der Waals surface area contributed by atoms with Crippen LogP contribution in [-0.4, -0.2) is 19.2 Å². The molecule has 140 valence electrons. The normalized spacial score (nSPS) is 15.6. The van der Waals surface area contributed by atoms with Gasteiger partial charge in [-0.15, -0.1) is 0 Å². The Morgan fingerprint density at radius 1 is 1.33 bits per heavy atom. The van der Waals surface area contributed by atoms with Crippen LogP contribution < -0.4 is 25.5 Å². The highest BCUT2D eigenvalue weighted by Gasteiger charge is 2.35. The van der Waals surface area contributed by atoms with Crippen molar-refractivity contribution < 1.29 is 14.2 Å². The quantitative estimate of drug-likeness (QED) is 0.840. The summed E-state index contributed by atoms with van der Waals surface area (Å²) in [7, 11) is 3.04. The van der Waals surface area contributed by atoms with E-state index in [-0.39, 0.29) is 17.0 Å². The molecule has 3 N–H and O–H groups in total. The lowest BCUT2D eigenvalue weighted by molar-refractivity contribution is 0.349. The van der Waals surface area contributed by atoms with Crippen molar-refractivity contribution in [3.63, 3.8) is 0 Å². The lowest BCUT2D eigenvalue weighted by atomic mass is 9.83. The summed E-state index contributed by atoms with van der Waals surface area (Å²) in [5.74, 6) is 0.554. The van der Waals surface area contributed by atoms with Crippen LogP contribution in [0.5, 0.6) is 17.2 Å². The molecule has 0 fully saturated rings. The van der Waals surface area contributed by atoms with E-state index >= 15 is 0 Å². The number of aromatic amines is 1. The minimum absolute atomic E-state index is 0.0204. The van der Waals surface area contributed by atoms with E-state index in [4.69, 9.17) is 19.9 Å². The van der Waals surface area contributed by atoms with Crippen LogP contribution >= 0.6 is 0 Å². The second-order valence-electron chi connectivity index (χ2n) is 6.16. The van der Waals surface area contributed by atoms with Crippen LogP contribution in [0.1, 0.15) is 36.1 Å². The number of benzene rings is 1. The first-order chi connectivity index (χ1) is 13.0. The Morgan fingerprint density at radius 3 is 2.74 bits per heavy atom. The van der Waals surface area contributed by atoms with E-state index < -0.39 is 5.92 Å². The maximum atomic E-state index is 12.9. The number of pyridine rings is 1. The minimum atomic E-state index is -0.719. The maximum Gasteiger partial charge on any atom is 0.256 e. The van der Waals surface area contributed by atoms with Crippen LogP contribution in [0.25, 0.3) is 0 Å². The lowest BCUT2D eigenvalue weighted by Gasteiger charge is -2.27. The van der Waals surface area contributed by atoms with Gasteiger partial charge in [-0.3, -0.25) is 4.79 Å². The number of nitrogens with zero attached hydrogens (tertiary/aromatic N) is 1. The van der Waals surface area contributed by atoms with Gasteiger partial charge in [-0.1, -0.05) is 25.5 Å². The Labute approximate surface area is 157 Å². The first-order valence-corrected chi connectivity index (χ1v) is 8.60. The number of aryl methyl sites for hydroxylation is 1. The van der Waals surface area contributed by atoms with Crippen molar-refractivity contribution in [1.82, 2.24) is 4.98 Å². The number of ether oxygens (including phenoxy) is 3. The van der Waals surface area contributed by atoms with Gasteiger partial charge in [-0.05, 0) is 12.5 Å². The second kappa shape index (κ2) is 7.46. The van der Waals surface area contributed by atoms with Crippen LogP contribution in [0.2, 0.25) is 0 Å². The number of fused-ring (bicyclic) bond motifs is 1. The maximum absolute atomic E-state index is 12.9. The molecular weight excluding hydrogens is 346 g/mol. The van der Waals surface area contributed by atoms with Gasteiger partial charge in [-0.25, -0.2) is 0 Å². The number of para-hydroxylation sites is 1. The van der Waals surface area contributed by atoms with E-state index in [0.29, 0.717) is 34.8 Å². The fourth-order valence-electron chi connectivity index (χ4n) is 3.39. The molecule has 1 aromatic heterocycles. The molecule has 0 spiro atoms. The largest absolute Gasteiger partial charge is 0.493 e. The Balaban J connectivity index is 2.31. The van der Waals surface area contributed by atoms with Gasteiger partial charge in [0.2, 0.25) is 5.88 Å². The number of allylic oxidation sites excluding steroid dienone is 1. The molecule has 1 unspecified atom stereocenters. The molecule has 1 aromatic carbocycles. The molecule has 1 aliphatic heterocycles. The number of aromatic nitrogens is 1. The average Bonchev–Trinajstić information content (AvgIpc) is 2.66. The molecule has 3 rings (SSSR count). The Hall–Kier alpha value is -3.40. The van der Waals surface area contributed by atoms with Crippen molar-refractivity contribution >= 4 is 0 Å². The van der Waals surface area contributed by atoms with Crippen molar-refractivity contribution in [2.75, 3.05) is 14.2 Å². The summed E-state index contributed by atoms with van der Waals surface area (Å²) < 4.78 is 16.5. The van der Waals surface area contributed by atoms with E-state index in [2.05, 4.69) is 11.1 Å². The number of nitriles is 1. The molecule has 0 saturated carbocycles. The van der Waals surface area contributed by atoms with Crippen LogP contribution in [0.15, 0.2) is 40.5 Å². The SMILES string of the molecule is CCCc1cc2c(c(=O)[nH]1)C(c1cccc(OC)c1OC)C(C#N)=C(N)O2. The summed E-state index contributed by atoms with van der Waals surface area (Å²) in [4.78, 5) is 15.8. The fourth-order valence-corrected chi connectivity index (χ4v) is 3.39. The Bertz CT molecular complexity index is 1000. The van der Waals surface area contributed by atoms with E-state index in [1.165, 1.54) is 14.2 Å². The average molecular weight is 367 g/mol. The summed E-state index contributed by atoms with van der Waals surface area (Å²) in [6.45, 7) is 2.02. The Morgan fingerprint density at radius 2 is 2.11 bits per heavy atom. The van der Waals surface area contributed by atoms with Crippen molar-refractivity contribution in [2.24, 2.45) is 5.73 Å². The summed E-state index contributed by atoms with van der Waals surface area (Å²) in [5, 5.41) is 9.69. The number of hydrogen-bond acceptors (Lipinski definition) is 6. The molecule has 7 nitrogen and oxygen atoms in total. The molecule has 0 amide bonds. The van der Waals surface area contributed by atoms with Crippen molar-refractivity contribution in [3.05, 3.63) is 62.9 Å². The molecule has 1 atom stereocenters. The van der Waals surface area contributed by atoms with Gasteiger partial charge in [0.05, 0.1) is 25.7 Å². The lowest BCUT2D eigenvalue weighted by Crippen LogP contribution is -2.28. The monoisotopic (exact) mass is 367 g/mol. The summed E-state index contributed by atoms with van der Waals surface area (Å²) in [5.41, 5.74) is 7.55. The fraction of sp³-hybridized carbons (Fsp3) is 0.300. The zero-order valence-electron chi connectivity index (χ0n) is 15.5. The molecule has 0 bridgehead atoms. The topological polar surface area (TPSA) is 110 Å². The van der Waals surface area contributed by atoms with Crippen molar-refractivity contribution in [2.45, 2.75) is 25.7 Å². The van der Waals surface area contributed by atoms with E-state index in [9.17, 15) is 10.1 Å². The highest BCUT2D eigenvalue weighted by atomic mass is 16.5. The summed E-state index contributed by atoms with van der Waals surface area (Å²) in [6, 6.07) is 9.15. The van der Waals surface area contributed by atoms with Crippen LogP contribution in [0.4, 0.5) is 0 Å². The Kier molecular flexibility index (Phi) is 5.08.